The summed E-state index contributed by atoms with van der Waals surface area (Å²) in [5.74, 6) is 0.381. The van der Waals surface area contributed by atoms with Crippen LogP contribution in [0.2, 0.25) is 0 Å². The van der Waals surface area contributed by atoms with Crippen LogP contribution >= 0.6 is 15.9 Å². The molecule has 1 fully saturated rings. The highest BCUT2D eigenvalue weighted by Gasteiger charge is 2.31. The van der Waals surface area contributed by atoms with Gasteiger partial charge in [0.25, 0.3) is 0 Å². The third kappa shape index (κ3) is 2.48. The van der Waals surface area contributed by atoms with Gasteiger partial charge in [0.1, 0.15) is 6.04 Å². The molecule has 2 aliphatic heterocycles. The van der Waals surface area contributed by atoms with Gasteiger partial charge in [-0.1, -0.05) is 0 Å². The van der Waals surface area contributed by atoms with Crippen molar-refractivity contribution < 1.29 is 19.4 Å². The van der Waals surface area contributed by atoms with Crippen LogP contribution in [0.4, 0.5) is 0 Å². The number of piperazine rings is 1. The standard InChI is InChI=1S/C13H15BrN2O4/c14-9-5-8(6-10-12(9)20-7-19-10)11(13(17)18)16-3-1-15-2-4-16/h5-6,11,15H,1-4,7H2,(H,17,18). The van der Waals surface area contributed by atoms with Crippen LogP contribution < -0.4 is 14.8 Å². The molecule has 108 valence electrons. The number of carbonyl (C=O) groups is 1. The van der Waals surface area contributed by atoms with Gasteiger partial charge in [0.05, 0.1) is 4.47 Å². The Morgan fingerprint density at radius 1 is 1.35 bits per heavy atom. The lowest BCUT2D eigenvalue weighted by Crippen LogP contribution is -2.47. The van der Waals surface area contributed by atoms with E-state index in [-0.39, 0.29) is 6.79 Å². The second-order valence-electron chi connectivity index (χ2n) is 4.76. The van der Waals surface area contributed by atoms with Crippen LogP contribution in [0.15, 0.2) is 16.6 Å². The molecule has 20 heavy (non-hydrogen) atoms. The summed E-state index contributed by atoms with van der Waals surface area (Å²) in [5, 5.41) is 12.8. The summed E-state index contributed by atoms with van der Waals surface area (Å²) in [6, 6.07) is 2.89. The van der Waals surface area contributed by atoms with E-state index in [1.54, 1.807) is 12.1 Å². The third-order valence-corrected chi connectivity index (χ3v) is 4.10. The van der Waals surface area contributed by atoms with Gasteiger partial charge in [0.15, 0.2) is 11.5 Å². The number of nitrogens with one attached hydrogen (secondary N) is 1. The molecule has 1 saturated heterocycles. The summed E-state index contributed by atoms with van der Waals surface area (Å²) >= 11 is 3.41. The molecule has 3 rings (SSSR count). The second kappa shape index (κ2) is 5.59. The first kappa shape index (κ1) is 13.7. The van der Waals surface area contributed by atoms with E-state index in [0.717, 1.165) is 17.6 Å². The molecule has 0 aliphatic carbocycles. The van der Waals surface area contributed by atoms with Crippen molar-refractivity contribution in [2.24, 2.45) is 0 Å². The molecule has 7 heteroatoms. The molecule has 1 unspecified atom stereocenters. The van der Waals surface area contributed by atoms with Gasteiger partial charge >= 0.3 is 5.97 Å². The molecular formula is C13H15BrN2O4. The lowest BCUT2D eigenvalue weighted by Gasteiger charge is -2.32. The quantitative estimate of drug-likeness (QED) is 0.860. The van der Waals surface area contributed by atoms with Crippen molar-refractivity contribution in [3.63, 3.8) is 0 Å². The van der Waals surface area contributed by atoms with Crippen LogP contribution in [-0.4, -0.2) is 48.9 Å². The number of fused-ring (bicyclic) bond motifs is 1. The normalized spacial score (nSPS) is 19.9. The van der Waals surface area contributed by atoms with Gasteiger partial charge in [-0.15, -0.1) is 0 Å². The lowest BCUT2D eigenvalue weighted by atomic mass is 10.0. The first-order chi connectivity index (χ1) is 9.66. The molecule has 0 radical (unpaired) electrons. The number of halogens is 1. The minimum atomic E-state index is -0.849. The Kier molecular flexibility index (Phi) is 3.82. The highest BCUT2D eigenvalue weighted by atomic mass is 79.9. The smallest absolute Gasteiger partial charge is 0.325 e. The van der Waals surface area contributed by atoms with Crippen LogP contribution in [-0.2, 0) is 4.79 Å². The average Bonchev–Trinajstić information content (AvgIpc) is 2.88. The molecule has 2 heterocycles. The maximum absolute atomic E-state index is 11.7. The minimum absolute atomic E-state index is 0.169. The van der Waals surface area contributed by atoms with E-state index >= 15 is 0 Å². The molecule has 1 atom stereocenters. The van der Waals surface area contributed by atoms with Crippen molar-refractivity contribution in [1.29, 1.82) is 0 Å². The van der Waals surface area contributed by atoms with Crippen molar-refractivity contribution in [3.05, 3.63) is 22.2 Å². The van der Waals surface area contributed by atoms with Gasteiger partial charge in [-0.05, 0) is 33.6 Å². The Labute approximate surface area is 124 Å². The predicted octanol–water partition coefficient (Wildman–Crippen LogP) is 1.21. The Balaban J connectivity index is 1.95. The number of hydrogen-bond donors (Lipinski definition) is 2. The van der Waals surface area contributed by atoms with Crippen LogP contribution in [0.25, 0.3) is 0 Å². The Bertz CT molecular complexity index is 531. The summed E-state index contributed by atoms with van der Waals surface area (Å²) in [4.78, 5) is 13.6. The maximum Gasteiger partial charge on any atom is 0.325 e. The van der Waals surface area contributed by atoms with Crippen molar-refractivity contribution >= 4 is 21.9 Å². The fourth-order valence-corrected chi connectivity index (χ4v) is 3.17. The molecule has 6 nitrogen and oxygen atoms in total. The van der Waals surface area contributed by atoms with Gasteiger partial charge in [-0.3, -0.25) is 9.69 Å². The molecule has 1 aromatic carbocycles. The van der Waals surface area contributed by atoms with E-state index in [1.807, 2.05) is 4.90 Å². The van der Waals surface area contributed by atoms with Gasteiger partial charge in [0, 0.05) is 26.2 Å². The van der Waals surface area contributed by atoms with E-state index < -0.39 is 12.0 Å². The number of rotatable bonds is 3. The number of aliphatic carboxylic acids is 1. The molecule has 0 saturated carbocycles. The highest BCUT2D eigenvalue weighted by molar-refractivity contribution is 9.10. The van der Waals surface area contributed by atoms with Crippen LogP contribution in [0, 0.1) is 0 Å². The number of benzene rings is 1. The van der Waals surface area contributed by atoms with E-state index in [0.29, 0.717) is 30.2 Å². The summed E-state index contributed by atoms with van der Waals surface area (Å²) < 4.78 is 11.4. The fourth-order valence-electron chi connectivity index (χ4n) is 2.60. The van der Waals surface area contributed by atoms with Gasteiger partial charge in [-0.25, -0.2) is 0 Å². The molecule has 0 spiro atoms. The zero-order chi connectivity index (χ0) is 14.1. The summed E-state index contributed by atoms with van der Waals surface area (Å²) in [7, 11) is 0. The van der Waals surface area contributed by atoms with E-state index in [2.05, 4.69) is 21.2 Å². The lowest BCUT2D eigenvalue weighted by molar-refractivity contribution is -0.143. The molecule has 0 amide bonds. The Morgan fingerprint density at radius 2 is 2.10 bits per heavy atom. The van der Waals surface area contributed by atoms with Crippen molar-refractivity contribution in [3.8, 4) is 11.5 Å². The van der Waals surface area contributed by atoms with Crippen molar-refractivity contribution in [2.45, 2.75) is 6.04 Å². The second-order valence-corrected chi connectivity index (χ2v) is 5.62. The van der Waals surface area contributed by atoms with E-state index in [9.17, 15) is 9.90 Å². The van der Waals surface area contributed by atoms with Gasteiger partial charge in [-0.2, -0.15) is 0 Å². The molecule has 0 aromatic heterocycles. The van der Waals surface area contributed by atoms with Crippen molar-refractivity contribution in [1.82, 2.24) is 10.2 Å². The number of hydrogen-bond acceptors (Lipinski definition) is 5. The van der Waals surface area contributed by atoms with Gasteiger partial charge in [0.2, 0.25) is 6.79 Å². The van der Waals surface area contributed by atoms with Crippen LogP contribution in [0.5, 0.6) is 11.5 Å². The third-order valence-electron chi connectivity index (χ3n) is 3.52. The zero-order valence-electron chi connectivity index (χ0n) is 10.8. The number of carboxylic acids is 1. The SMILES string of the molecule is O=C(O)C(c1cc(Br)c2c(c1)OCO2)N1CCNCC1. The summed E-state index contributed by atoms with van der Waals surface area (Å²) in [6.45, 7) is 3.19. The number of nitrogens with zero attached hydrogens (tertiary/aromatic N) is 1. The summed E-state index contributed by atoms with van der Waals surface area (Å²) in [6.07, 6.45) is 0. The average molecular weight is 343 g/mol. The first-order valence-electron chi connectivity index (χ1n) is 6.43. The predicted molar refractivity (Wildman–Crippen MR) is 75.1 cm³/mol. The molecule has 0 bridgehead atoms. The molecule has 1 aromatic rings. The molecule has 2 N–H and O–H groups in total. The largest absolute Gasteiger partial charge is 0.480 e. The Morgan fingerprint density at radius 3 is 2.80 bits per heavy atom. The monoisotopic (exact) mass is 342 g/mol. The zero-order valence-corrected chi connectivity index (χ0v) is 12.4. The minimum Gasteiger partial charge on any atom is -0.480 e. The van der Waals surface area contributed by atoms with Gasteiger partial charge < -0.3 is 19.9 Å². The van der Waals surface area contributed by atoms with Crippen LogP contribution in [0.3, 0.4) is 0 Å². The fraction of sp³-hybridized carbons (Fsp3) is 0.462. The highest BCUT2D eigenvalue weighted by Crippen LogP contribution is 2.42. The Hall–Kier alpha value is -1.31. The number of carboxylic acid groups (broad SMARTS) is 1. The number of ether oxygens (including phenoxy) is 2. The van der Waals surface area contributed by atoms with E-state index in [1.165, 1.54) is 0 Å². The van der Waals surface area contributed by atoms with Crippen LogP contribution in [0.1, 0.15) is 11.6 Å². The molecular weight excluding hydrogens is 328 g/mol. The first-order valence-corrected chi connectivity index (χ1v) is 7.23. The van der Waals surface area contributed by atoms with Crippen molar-refractivity contribution in [2.75, 3.05) is 33.0 Å². The topological polar surface area (TPSA) is 71.0 Å². The van der Waals surface area contributed by atoms with E-state index in [4.69, 9.17) is 9.47 Å². The maximum atomic E-state index is 11.7. The molecule has 2 aliphatic rings. The summed E-state index contributed by atoms with van der Waals surface area (Å²) in [5.41, 5.74) is 0.704.